The largest absolute Gasteiger partial charge is 0.353 e. The lowest BCUT2D eigenvalue weighted by Gasteiger charge is -2.35. The van der Waals surface area contributed by atoms with Crippen LogP contribution in [0.4, 0.5) is 4.79 Å². The average Bonchev–Trinajstić information content (AvgIpc) is 3.51. The van der Waals surface area contributed by atoms with Crippen LogP contribution in [-0.4, -0.2) is 54.0 Å². The molecule has 2 aliphatic heterocycles. The second kappa shape index (κ2) is 6.33. The van der Waals surface area contributed by atoms with Crippen molar-refractivity contribution in [1.82, 2.24) is 15.1 Å². The summed E-state index contributed by atoms with van der Waals surface area (Å²) in [7, 11) is 0. The summed E-state index contributed by atoms with van der Waals surface area (Å²) in [6.07, 6.45) is 9.25. The monoisotopic (exact) mass is 319 g/mol. The van der Waals surface area contributed by atoms with Gasteiger partial charge in [-0.25, -0.2) is 4.79 Å². The van der Waals surface area contributed by atoms with Gasteiger partial charge in [0.2, 0.25) is 5.91 Å². The van der Waals surface area contributed by atoms with E-state index in [1.165, 1.54) is 25.7 Å². The van der Waals surface area contributed by atoms with Gasteiger partial charge in [-0.3, -0.25) is 4.79 Å². The van der Waals surface area contributed by atoms with Crippen molar-refractivity contribution in [1.29, 1.82) is 0 Å². The van der Waals surface area contributed by atoms with E-state index in [1.54, 1.807) is 0 Å². The van der Waals surface area contributed by atoms with Gasteiger partial charge < -0.3 is 15.1 Å². The van der Waals surface area contributed by atoms with Crippen LogP contribution in [0, 0.1) is 17.8 Å². The molecule has 0 bridgehead atoms. The molecule has 0 aromatic heterocycles. The Labute approximate surface area is 138 Å². The number of urea groups is 1. The van der Waals surface area contributed by atoms with Crippen LogP contribution in [0.1, 0.15) is 51.4 Å². The minimum absolute atomic E-state index is 0.00435. The first kappa shape index (κ1) is 15.3. The zero-order valence-corrected chi connectivity index (χ0v) is 14.0. The Morgan fingerprint density at radius 3 is 2.04 bits per heavy atom. The highest BCUT2D eigenvalue weighted by Crippen LogP contribution is 2.44. The van der Waals surface area contributed by atoms with Crippen molar-refractivity contribution >= 4 is 11.9 Å². The zero-order chi connectivity index (χ0) is 15.8. The van der Waals surface area contributed by atoms with Gasteiger partial charge in [0, 0.05) is 32.2 Å². The number of hydrogen-bond donors (Lipinski definition) is 1. The number of carbonyl (C=O) groups is 2. The zero-order valence-electron chi connectivity index (χ0n) is 14.0. The number of nitrogens with one attached hydrogen (secondary N) is 1. The van der Waals surface area contributed by atoms with Gasteiger partial charge in [-0.1, -0.05) is 0 Å². The lowest BCUT2D eigenvalue weighted by Crippen LogP contribution is -2.51. The molecule has 1 N–H and O–H groups in total. The molecule has 2 aliphatic carbocycles. The fourth-order valence-corrected chi connectivity index (χ4v) is 4.29. The minimum atomic E-state index is -0.00435. The van der Waals surface area contributed by atoms with Crippen LogP contribution in [0.15, 0.2) is 0 Å². The maximum absolute atomic E-state index is 12.7. The Bertz CT molecular complexity index is 455. The molecule has 4 aliphatic rings. The highest BCUT2D eigenvalue weighted by Gasteiger charge is 2.43. The van der Waals surface area contributed by atoms with Crippen LogP contribution in [0.3, 0.4) is 0 Å². The maximum atomic E-state index is 12.7. The Morgan fingerprint density at radius 2 is 1.43 bits per heavy atom. The molecule has 2 heterocycles. The van der Waals surface area contributed by atoms with Crippen molar-refractivity contribution in [3.63, 3.8) is 0 Å². The molecule has 1 unspecified atom stereocenters. The standard InChI is InChI=1S/C18H29N3O2/c22-17(19-16(13-5-6-13)14-7-8-14)15-4-3-11-21(12-15)18(23)20-9-1-2-10-20/h13-16H,1-12H2,(H,19,22). The highest BCUT2D eigenvalue weighted by atomic mass is 16.2. The summed E-state index contributed by atoms with van der Waals surface area (Å²) in [5.41, 5.74) is 0. The predicted octanol–water partition coefficient (Wildman–Crippen LogP) is 2.22. The molecule has 5 heteroatoms. The van der Waals surface area contributed by atoms with E-state index in [0.717, 1.165) is 57.2 Å². The predicted molar refractivity (Wildman–Crippen MR) is 87.9 cm³/mol. The van der Waals surface area contributed by atoms with Crippen molar-refractivity contribution in [3.05, 3.63) is 0 Å². The quantitative estimate of drug-likeness (QED) is 0.864. The molecule has 0 aromatic carbocycles. The van der Waals surface area contributed by atoms with Crippen LogP contribution >= 0.6 is 0 Å². The molecular formula is C18H29N3O2. The fourth-order valence-electron chi connectivity index (χ4n) is 4.29. The summed E-state index contributed by atoms with van der Waals surface area (Å²) in [6.45, 7) is 3.20. The van der Waals surface area contributed by atoms with Gasteiger partial charge in [0.15, 0.2) is 0 Å². The number of likely N-dealkylation sites (tertiary alicyclic amines) is 2. The van der Waals surface area contributed by atoms with Gasteiger partial charge in [-0.2, -0.15) is 0 Å². The summed E-state index contributed by atoms with van der Waals surface area (Å²) in [5.74, 6) is 1.66. The molecule has 3 amide bonds. The number of carbonyl (C=O) groups excluding carboxylic acids is 2. The van der Waals surface area contributed by atoms with Gasteiger partial charge in [-0.05, 0) is 63.2 Å². The van der Waals surface area contributed by atoms with Crippen molar-refractivity contribution < 1.29 is 9.59 Å². The van der Waals surface area contributed by atoms with E-state index in [4.69, 9.17) is 0 Å². The number of amides is 3. The number of hydrogen-bond acceptors (Lipinski definition) is 2. The first-order valence-electron chi connectivity index (χ1n) is 9.56. The van der Waals surface area contributed by atoms with Gasteiger partial charge >= 0.3 is 6.03 Å². The number of rotatable bonds is 4. The van der Waals surface area contributed by atoms with E-state index in [9.17, 15) is 9.59 Å². The summed E-state index contributed by atoms with van der Waals surface area (Å²) < 4.78 is 0. The Hall–Kier alpha value is -1.26. The first-order chi connectivity index (χ1) is 11.2. The van der Waals surface area contributed by atoms with Crippen LogP contribution in [0.25, 0.3) is 0 Å². The number of nitrogens with zero attached hydrogens (tertiary/aromatic N) is 2. The SMILES string of the molecule is O=C(NC(C1CC1)C1CC1)C1CCCN(C(=O)N2CCCC2)C1. The summed E-state index contributed by atoms with van der Waals surface area (Å²) >= 11 is 0. The third-order valence-electron chi connectivity index (χ3n) is 6.01. The molecule has 128 valence electrons. The van der Waals surface area contributed by atoms with Gasteiger partial charge in [0.25, 0.3) is 0 Å². The second-order valence-corrected chi connectivity index (χ2v) is 7.97. The number of piperidine rings is 1. The van der Waals surface area contributed by atoms with Crippen molar-refractivity contribution in [2.24, 2.45) is 17.8 Å². The minimum Gasteiger partial charge on any atom is -0.353 e. The first-order valence-corrected chi connectivity index (χ1v) is 9.56. The van der Waals surface area contributed by atoms with E-state index < -0.39 is 0 Å². The van der Waals surface area contributed by atoms with Gasteiger partial charge in [0.05, 0.1) is 5.92 Å². The maximum Gasteiger partial charge on any atom is 0.320 e. The Balaban J connectivity index is 1.32. The van der Waals surface area contributed by atoms with E-state index >= 15 is 0 Å². The van der Waals surface area contributed by atoms with Crippen LogP contribution in [0.2, 0.25) is 0 Å². The Kier molecular flexibility index (Phi) is 4.20. The third-order valence-corrected chi connectivity index (χ3v) is 6.01. The lowest BCUT2D eigenvalue weighted by atomic mass is 9.96. The smallest absolute Gasteiger partial charge is 0.320 e. The molecule has 0 aromatic rings. The van der Waals surface area contributed by atoms with Crippen molar-refractivity contribution in [2.45, 2.75) is 57.4 Å². The summed E-state index contributed by atoms with van der Waals surface area (Å²) in [4.78, 5) is 29.1. The van der Waals surface area contributed by atoms with Crippen LogP contribution in [-0.2, 0) is 4.79 Å². The van der Waals surface area contributed by atoms with Crippen LogP contribution in [0.5, 0.6) is 0 Å². The molecule has 23 heavy (non-hydrogen) atoms. The van der Waals surface area contributed by atoms with E-state index in [-0.39, 0.29) is 17.9 Å². The Morgan fingerprint density at radius 1 is 0.826 bits per heavy atom. The van der Waals surface area contributed by atoms with E-state index in [0.29, 0.717) is 12.6 Å². The lowest BCUT2D eigenvalue weighted by molar-refractivity contribution is -0.127. The second-order valence-electron chi connectivity index (χ2n) is 7.97. The molecule has 2 saturated heterocycles. The van der Waals surface area contributed by atoms with Gasteiger partial charge in [0.1, 0.15) is 0 Å². The highest BCUT2D eigenvalue weighted by molar-refractivity contribution is 5.81. The fraction of sp³-hybridized carbons (Fsp3) is 0.889. The van der Waals surface area contributed by atoms with Crippen LogP contribution < -0.4 is 5.32 Å². The topological polar surface area (TPSA) is 52.7 Å². The molecule has 0 radical (unpaired) electrons. The van der Waals surface area contributed by atoms with Crippen molar-refractivity contribution in [3.8, 4) is 0 Å². The summed E-state index contributed by atoms with van der Waals surface area (Å²) in [5, 5.41) is 3.35. The molecule has 0 spiro atoms. The molecular weight excluding hydrogens is 290 g/mol. The average molecular weight is 319 g/mol. The normalized spacial score (nSPS) is 28.3. The summed E-state index contributed by atoms with van der Waals surface area (Å²) in [6, 6.07) is 0.577. The molecule has 5 nitrogen and oxygen atoms in total. The molecule has 4 rings (SSSR count). The third kappa shape index (κ3) is 3.48. The van der Waals surface area contributed by atoms with E-state index in [2.05, 4.69) is 5.32 Å². The molecule has 1 atom stereocenters. The van der Waals surface area contributed by atoms with Crippen molar-refractivity contribution in [2.75, 3.05) is 26.2 Å². The van der Waals surface area contributed by atoms with Gasteiger partial charge in [-0.15, -0.1) is 0 Å². The van der Waals surface area contributed by atoms with E-state index in [1.807, 2.05) is 9.80 Å². The molecule has 2 saturated carbocycles. The molecule has 4 fully saturated rings.